The number of aromatic nitrogens is 2. The quantitative estimate of drug-likeness (QED) is 0.870. The summed E-state index contributed by atoms with van der Waals surface area (Å²) in [5, 5.41) is 8.75. The minimum Gasteiger partial charge on any atom is -0.497 e. The van der Waals surface area contributed by atoms with E-state index in [1.165, 1.54) is 12.5 Å². The Bertz CT molecular complexity index is 534. The zero-order chi connectivity index (χ0) is 12.3. The number of carboxylic acids is 1. The lowest BCUT2D eigenvalue weighted by molar-refractivity contribution is 0.0691. The Kier molecular flexibility index (Phi) is 3.09. The summed E-state index contributed by atoms with van der Waals surface area (Å²) in [4.78, 5) is 14.5. The number of rotatable bonds is 4. The van der Waals surface area contributed by atoms with E-state index in [-0.39, 0.29) is 5.69 Å². The lowest BCUT2D eigenvalue weighted by Gasteiger charge is -2.04. The number of aromatic carboxylic acids is 1. The van der Waals surface area contributed by atoms with Crippen molar-refractivity contribution in [3.05, 3.63) is 48.0 Å². The van der Waals surface area contributed by atoms with E-state index in [9.17, 15) is 4.79 Å². The topological polar surface area (TPSA) is 64.4 Å². The van der Waals surface area contributed by atoms with Gasteiger partial charge in [-0.3, -0.25) is 0 Å². The molecule has 1 N–H and O–H groups in total. The molecule has 0 saturated carbocycles. The Balaban J connectivity index is 2.16. The molecule has 0 unspecified atom stereocenters. The molecule has 2 aromatic rings. The standard InChI is InChI=1S/C12H12N2O3/c1-17-10-4-2-3-9(5-10)6-14-7-11(12(15)16)13-8-14/h2-5,7-8H,6H2,1H3,(H,15,16). The van der Waals surface area contributed by atoms with Crippen LogP contribution >= 0.6 is 0 Å². The molecule has 0 saturated heterocycles. The van der Waals surface area contributed by atoms with Crippen LogP contribution in [0.1, 0.15) is 16.1 Å². The second-order valence-corrected chi connectivity index (χ2v) is 3.59. The fourth-order valence-electron chi connectivity index (χ4n) is 1.54. The molecule has 0 aliphatic carbocycles. The van der Waals surface area contributed by atoms with Crippen LogP contribution in [0.4, 0.5) is 0 Å². The zero-order valence-corrected chi connectivity index (χ0v) is 9.33. The SMILES string of the molecule is COc1cccc(Cn2cnc(C(=O)O)c2)c1. The highest BCUT2D eigenvalue weighted by molar-refractivity contribution is 5.84. The van der Waals surface area contributed by atoms with Gasteiger partial charge in [0.25, 0.3) is 0 Å². The summed E-state index contributed by atoms with van der Waals surface area (Å²) in [7, 11) is 1.61. The molecule has 0 radical (unpaired) electrons. The molecule has 0 atom stereocenters. The molecule has 17 heavy (non-hydrogen) atoms. The Morgan fingerprint density at radius 3 is 3.00 bits per heavy atom. The highest BCUT2D eigenvalue weighted by Crippen LogP contribution is 2.13. The first-order chi connectivity index (χ1) is 8.19. The molecule has 1 heterocycles. The van der Waals surface area contributed by atoms with Crippen LogP contribution in [0.25, 0.3) is 0 Å². The third-order valence-corrected chi connectivity index (χ3v) is 2.35. The van der Waals surface area contributed by atoms with Crippen LogP contribution in [0.2, 0.25) is 0 Å². The van der Waals surface area contributed by atoms with Gasteiger partial charge in [-0.05, 0) is 17.7 Å². The maximum absolute atomic E-state index is 10.7. The van der Waals surface area contributed by atoms with E-state index >= 15 is 0 Å². The number of methoxy groups -OCH3 is 1. The molecule has 2 rings (SSSR count). The zero-order valence-electron chi connectivity index (χ0n) is 9.33. The van der Waals surface area contributed by atoms with Crippen molar-refractivity contribution in [1.82, 2.24) is 9.55 Å². The van der Waals surface area contributed by atoms with Gasteiger partial charge in [0.15, 0.2) is 5.69 Å². The lowest BCUT2D eigenvalue weighted by Crippen LogP contribution is -1.98. The molecule has 88 valence electrons. The largest absolute Gasteiger partial charge is 0.497 e. The van der Waals surface area contributed by atoms with Gasteiger partial charge < -0.3 is 14.4 Å². The first kappa shape index (κ1) is 11.2. The van der Waals surface area contributed by atoms with Gasteiger partial charge in [0.2, 0.25) is 0 Å². The van der Waals surface area contributed by atoms with Crippen molar-refractivity contribution in [1.29, 1.82) is 0 Å². The number of imidazole rings is 1. The molecule has 5 heteroatoms. The molecule has 0 aliphatic rings. The number of carbonyl (C=O) groups is 1. The predicted octanol–water partition coefficient (Wildman–Crippen LogP) is 1.64. The monoisotopic (exact) mass is 232 g/mol. The molecule has 5 nitrogen and oxygen atoms in total. The van der Waals surface area contributed by atoms with Gasteiger partial charge in [-0.25, -0.2) is 9.78 Å². The molecular weight excluding hydrogens is 220 g/mol. The Morgan fingerprint density at radius 1 is 1.53 bits per heavy atom. The van der Waals surface area contributed by atoms with Crippen LogP contribution in [0.15, 0.2) is 36.8 Å². The van der Waals surface area contributed by atoms with Crippen LogP contribution in [-0.4, -0.2) is 27.7 Å². The van der Waals surface area contributed by atoms with Crippen molar-refractivity contribution in [3.63, 3.8) is 0 Å². The Hall–Kier alpha value is -2.30. The first-order valence-electron chi connectivity index (χ1n) is 5.07. The fourth-order valence-corrected chi connectivity index (χ4v) is 1.54. The Labute approximate surface area is 98.3 Å². The van der Waals surface area contributed by atoms with Gasteiger partial charge >= 0.3 is 5.97 Å². The van der Waals surface area contributed by atoms with Crippen molar-refractivity contribution in [2.24, 2.45) is 0 Å². The van der Waals surface area contributed by atoms with Gasteiger partial charge in [0, 0.05) is 12.7 Å². The van der Waals surface area contributed by atoms with Crippen molar-refractivity contribution in [2.45, 2.75) is 6.54 Å². The molecule has 0 aliphatic heterocycles. The molecule has 1 aromatic carbocycles. The third kappa shape index (κ3) is 2.63. The second kappa shape index (κ2) is 4.69. The third-order valence-electron chi connectivity index (χ3n) is 2.35. The van der Waals surface area contributed by atoms with E-state index in [0.717, 1.165) is 11.3 Å². The van der Waals surface area contributed by atoms with Gasteiger partial charge in [0.05, 0.1) is 13.4 Å². The predicted molar refractivity (Wildman–Crippen MR) is 61.3 cm³/mol. The van der Waals surface area contributed by atoms with Gasteiger partial charge in [0.1, 0.15) is 5.75 Å². The van der Waals surface area contributed by atoms with Crippen molar-refractivity contribution >= 4 is 5.97 Å². The molecule has 0 spiro atoms. The van der Waals surface area contributed by atoms with Crippen molar-refractivity contribution < 1.29 is 14.6 Å². The summed E-state index contributed by atoms with van der Waals surface area (Å²) in [6, 6.07) is 7.60. The fraction of sp³-hybridized carbons (Fsp3) is 0.167. The maximum Gasteiger partial charge on any atom is 0.356 e. The highest BCUT2D eigenvalue weighted by atomic mass is 16.5. The van der Waals surface area contributed by atoms with Crippen LogP contribution in [0.3, 0.4) is 0 Å². The van der Waals surface area contributed by atoms with E-state index in [4.69, 9.17) is 9.84 Å². The number of hydrogen-bond donors (Lipinski definition) is 1. The Morgan fingerprint density at radius 2 is 2.35 bits per heavy atom. The molecule has 0 amide bonds. The van der Waals surface area contributed by atoms with E-state index in [1.54, 1.807) is 11.7 Å². The molecule has 0 bridgehead atoms. The number of benzene rings is 1. The first-order valence-corrected chi connectivity index (χ1v) is 5.07. The van der Waals surface area contributed by atoms with E-state index in [1.807, 2.05) is 24.3 Å². The van der Waals surface area contributed by atoms with E-state index in [0.29, 0.717) is 6.54 Å². The molecular formula is C12H12N2O3. The van der Waals surface area contributed by atoms with Crippen LogP contribution in [0, 0.1) is 0 Å². The van der Waals surface area contributed by atoms with Crippen molar-refractivity contribution in [3.8, 4) is 5.75 Å². The summed E-state index contributed by atoms with van der Waals surface area (Å²) in [6.45, 7) is 0.567. The van der Waals surface area contributed by atoms with E-state index in [2.05, 4.69) is 4.98 Å². The minimum atomic E-state index is -1.02. The maximum atomic E-state index is 10.7. The van der Waals surface area contributed by atoms with Crippen LogP contribution in [-0.2, 0) is 6.54 Å². The molecule has 1 aromatic heterocycles. The summed E-state index contributed by atoms with van der Waals surface area (Å²) < 4.78 is 6.84. The van der Waals surface area contributed by atoms with Crippen LogP contribution in [0.5, 0.6) is 5.75 Å². The van der Waals surface area contributed by atoms with Gasteiger partial charge in [-0.15, -0.1) is 0 Å². The summed E-state index contributed by atoms with van der Waals surface area (Å²) in [5.74, 6) is -0.240. The summed E-state index contributed by atoms with van der Waals surface area (Å²) in [6.07, 6.45) is 3.00. The minimum absolute atomic E-state index is 0.0490. The number of nitrogens with zero attached hydrogens (tertiary/aromatic N) is 2. The average Bonchev–Trinajstić information content (AvgIpc) is 2.78. The lowest BCUT2D eigenvalue weighted by atomic mass is 10.2. The number of hydrogen-bond acceptors (Lipinski definition) is 3. The number of carboxylic acid groups (broad SMARTS) is 1. The van der Waals surface area contributed by atoms with Gasteiger partial charge in [-0.1, -0.05) is 12.1 Å². The summed E-state index contributed by atoms with van der Waals surface area (Å²) in [5.41, 5.74) is 1.08. The smallest absolute Gasteiger partial charge is 0.356 e. The highest BCUT2D eigenvalue weighted by Gasteiger charge is 2.06. The number of ether oxygens (including phenoxy) is 1. The second-order valence-electron chi connectivity index (χ2n) is 3.59. The normalized spacial score (nSPS) is 10.2. The van der Waals surface area contributed by atoms with Gasteiger partial charge in [-0.2, -0.15) is 0 Å². The van der Waals surface area contributed by atoms with E-state index < -0.39 is 5.97 Å². The van der Waals surface area contributed by atoms with Crippen LogP contribution < -0.4 is 4.74 Å². The van der Waals surface area contributed by atoms with Crippen molar-refractivity contribution in [2.75, 3.05) is 7.11 Å². The average molecular weight is 232 g/mol. The summed E-state index contributed by atoms with van der Waals surface area (Å²) >= 11 is 0. The molecule has 0 fully saturated rings.